The van der Waals surface area contributed by atoms with Crippen LogP contribution in [0.3, 0.4) is 0 Å². The molecule has 3 rings (SSSR count). The fourth-order valence-electron chi connectivity index (χ4n) is 3.31. The van der Waals surface area contributed by atoms with Gasteiger partial charge in [-0.2, -0.15) is 0 Å². The molecular weight excluding hydrogens is 283 g/mol. The van der Waals surface area contributed by atoms with E-state index in [1.807, 2.05) is 24.3 Å². The van der Waals surface area contributed by atoms with Gasteiger partial charge in [0.15, 0.2) is 0 Å². The minimum absolute atomic E-state index is 0. The average molecular weight is 301 g/mol. The molecule has 104 valence electrons. The number of hydrogen-bond acceptors (Lipinski definition) is 2. The summed E-state index contributed by atoms with van der Waals surface area (Å²) in [5.41, 5.74) is 0.796. The lowest BCUT2D eigenvalue weighted by Crippen LogP contribution is -2.47. The number of amides is 1. The Hall–Kier alpha value is -0.770. The first kappa shape index (κ1) is 14.6. The van der Waals surface area contributed by atoms with Crippen LogP contribution in [0.1, 0.15) is 24.3 Å². The van der Waals surface area contributed by atoms with Crippen LogP contribution >= 0.6 is 24.0 Å². The number of halogens is 2. The predicted molar refractivity (Wildman–Crippen MR) is 79.0 cm³/mol. The Balaban J connectivity index is 0.00000133. The predicted octanol–water partition coefficient (Wildman–Crippen LogP) is 2.34. The Labute approximate surface area is 124 Å². The molecule has 2 heterocycles. The molecule has 0 saturated carbocycles. The Kier molecular flexibility index (Phi) is 4.39. The highest BCUT2D eigenvalue weighted by Gasteiger charge is 2.51. The monoisotopic (exact) mass is 300 g/mol. The van der Waals surface area contributed by atoms with Crippen LogP contribution in [-0.2, 0) is 4.79 Å². The lowest BCUT2D eigenvalue weighted by molar-refractivity contribution is -0.129. The summed E-state index contributed by atoms with van der Waals surface area (Å²) < 4.78 is 0. The zero-order valence-electron chi connectivity index (χ0n) is 10.6. The van der Waals surface area contributed by atoms with Crippen molar-refractivity contribution in [3.63, 3.8) is 0 Å². The molecule has 2 aliphatic heterocycles. The van der Waals surface area contributed by atoms with E-state index in [2.05, 4.69) is 10.6 Å². The molecule has 0 bridgehead atoms. The highest BCUT2D eigenvalue weighted by molar-refractivity contribution is 6.31. The summed E-state index contributed by atoms with van der Waals surface area (Å²) in [4.78, 5) is 12.3. The Morgan fingerprint density at radius 2 is 2.11 bits per heavy atom. The Morgan fingerprint density at radius 1 is 1.32 bits per heavy atom. The van der Waals surface area contributed by atoms with Crippen molar-refractivity contribution in [2.45, 2.75) is 18.8 Å². The van der Waals surface area contributed by atoms with Crippen LogP contribution in [0.5, 0.6) is 0 Å². The third-order valence-corrected chi connectivity index (χ3v) is 4.63. The third kappa shape index (κ3) is 2.35. The summed E-state index contributed by atoms with van der Waals surface area (Å²) in [6.07, 6.45) is 2.00. The van der Waals surface area contributed by atoms with Gasteiger partial charge in [0.25, 0.3) is 0 Å². The second kappa shape index (κ2) is 5.70. The third-order valence-electron chi connectivity index (χ3n) is 4.28. The van der Waals surface area contributed by atoms with Gasteiger partial charge in [-0.1, -0.05) is 29.8 Å². The SMILES string of the molecule is Cl.O=C1NCC(c2ccccc2Cl)C12CCCNC2. The standard InChI is InChI=1S/C14H17ClN2O.ClH/c15-12-5-2-1-4-10(12)11-8-17-13(18)14(11)6-3-7-16-9-14;/h1-2,4-5,11,16H,3,6-9H2,(H,17,18);1H. The molecule has 1 aromatic rings. The number of benzene rings is 1. The van der Waals surface area contributed by atoms with Gasteiger partial charge in [0, 0.05) is 24.0 Å². The zero-order chi connectivity index (χ0) is 12.6. The van der Waals surface area contributed by atoms with Gasteiger partial charge in [0.2, 0.25) is 5.91 Å². The second-order valence-corrected chi connectivity index (χ2v) is 5.63. The summed E-state index contributed by atoms with van der Waals surface area (Å²) in [7, 11) is 0. The summed E-state index contributed by atoms with van der Waals surface area (Å²) >= 11 is 6.29. The van der Waals surface area contributed by atoms with Gasteiger partial charge in [-0.05, 0) is 31.0 Å². The highest BCUT2D eigenvalue weighted by atomic mass is 35.5. The summed E-state index contributed by atoms with van der Waals surface area (Å²) in [5.74, 6) is 0.367. The van der Waals surface area contributed by atoms with Gasteiger partial charge in [0.1, 0.15) is 0 Å². The average Bonchev–Trinajstić information content (AvgIpc) is 2.69. The first-order chi connectivity index (χ1) is 8.74. The van der Waals surface area contributed by atoms with E-state index < -0.39 is 0 Å². The van der Waals surface area contributed by atoms with E-state index in [1.54, 1.807) is 0 Å². The normalized spacial score (nSPS) is 29.9. The van der Waals surface area contributed by atoms with Crippen molar-refractivity contribution in [3.8, 4) is 0 Å². The van der Waals surface area contributed by atoms with Crippen molar-refractivity contribution in [1.82, 2.24) is 10.6 Å². The van der Waals surface area contributed by atoms with E-state index in [0.717, 1.165) is 36.5 Å². The fraction of sp³-hybridized carbons (Fsp3) is 0.500. The van der Waals surface area contributed by atoms with E-state index in [1.165, 1.54) is 0 Å². The second-order valence-electron chi connectivity index (χ2n) is 5.22. The Bertz CT molecular complexity index is 472. The molecule has 2 aliphatic rings. The van der Waals surface area contributed by atoms with E-state index in [-0.39, 0.29) is 29.6 Å². The fourth-order valence-corrected chi connectivity index (χ4v) is 3.58. The molecule has 0 radical (unpaired) electrons. The molecule has 1 spiro atoms. The van der Waals surface area contributed by atoms with Crippen LogP contribution in [0.25, 0.3) is 0 Å². The lowest BCUT2D eigenvalue weighted by atomic mass is 9.69. The number of carbonyl (C=O) groups excluding carboxylic acids is 1. The molecule has 2 atom stereocenters. The van der Waals surface area contributed by atoms with Crippen molar-refractivity contribution in [2.24, 2.45) is 5.41 Å². The number of carbonyl (C=O) groups is 1. The van der Waals surface area contributed by atoms with Gasteiger partial charge < -0.3 is 10.6 Å². The van der Waals surface area contributed by atoms with Crippen LogP contribution in [0.15, 0.2) is 24.3 Å². The number of nitrogens with one attached hydrogen (secondary N) is 2. The molecular formula is C14H18Cl2N2O. The molecule has 1 aromatic carbocycles. The van der Waals surface area contributed by atoms with Crippen LogP contribution in [0.4, 0.5) is 0 Å². The van der Waals surface area contributed by atoms with E-state index in [4.69, 9.17) is 11.6 Å². The van der Waals surface area contributed by atoms with Gasteiger partial charge in [-0.15, -0.1) is 12.4 Å². The van der Waals surface area contributed by atoms with Gasteiger partial charge >= 0.3 is 0 Å². The molecule has 3 nitrogen and oxygen atoms in total. The van der Waals surface area contributed by atoms with Gasteiger partial charge in [-0.25, -0.2) is 0 Å². The summed E-state index contributed by atoms with van der Waals surface area (Å²) in [6, 6.07) is 7.88. The topological polar surface area (TPSA) is 41.1 Å². The molecule has 0 aromatic heterocycles. The molecule has 2 unspecified atom stereocenters. The molecule has 2 fully saturated rings. The quantitative estimate of drug-likeness (QED) is 0.836. The molecule has 19 heavy (non-hydrogen) atoms. The number of piperidine rings is 1. The number of hydrogen-bond donors (Lipinski definition) is 2. The van der Waals surface area contributed by atoms with E-state index >= 15 is 0 Å². The molecule has 2 saturated heterocycles. The van der Waals surface area contributed by atoms with E-state index in [0.29, 0.717) is 6.54 Å². The number of rotatable bonds is 1. The van der Waals surface area contributed by atoms with Crippen molar-refractivity contribution in [2.75, 3.05) is 19.6 Å². The maximum absolute atomic E-state index is 12.3. The van der Waals surface area contributed by atoms with Crippen molar-refractivity contribution < 1.29 is 4.79 Å². The molecule has 2 N–H and O–H groups in total. The highest BCUT2D eigenvalue weighted by Crippen LogP contribution is 2.46. The van der Waals surface area contributed by atoms with Crippen LogP contribution in [0.2, 0.25) is 5.02 Å². The van der Waals surface area contributed by atoms with Crippen LogP contribution in [-0.4, -0.2) is 25.5 Å². The first-order valence-electron chi connectivity index (χ1n) is 6.47. The lowest BCUT2D eigenvalue weighted by Gasteiger charge is -2.36. The van der Waals surface area contributed by atoms with Crippen LogP contribution < -0.4 is 10.6 Å². The van der Waals surface area contributed by atoms with Crippen molar-refractivity contribution in [3.05, 3.63) is 34.9 Å². The first-order valence-corrected chi connectivity index (χ1v) is 6.85. The van der Waals surface area contributed by atoms with Gasteiger partial charge in [0.05, 0.1) is 5.41 Å². The summed E-state index contributed by atoms with van der Waals surface area (Å²) in [5, 5.41) is 7.15. The summed E-state index contributed by atoms with van der Waals surface area (Å²) in [6.45, 7) is 2.46. The molecule has 5 heteroatoms. The largest absolute Gasteiger partial charge is 0.355 e. The smallest absolute Gasteiger partial charge is 0.228 e. The zero-order valence-corrected chi connectivity index (χ0v) is 12.2. The Morgan fingerprint density at radius 3 is 2.79 bits per heavy atom. The maximum atomic E-state index is 12.3. The van der Waals surface area contributed by atoms with Crippen molar-refractivity contribution in [1.29, 1.82) is 0 Å². The molecule has 0 aliphatic carbocycles. The van der Waals surface area contributed by atoms with E-state index in [9.17, 15) is 4.79 Å². The minimum atomic E-state index is -0.302. The van der Waals surface area contributed by atoms with Gasteiger partial charge in [-0.3, -0.25) is 4.79 Å². The maximum Gasteiger partial charge on any atom is 0.228 e. The molecule has 1 amide bonds. The minimum Gasteiger partial charge on any atom is -0.355 e. The van der Waals surface area contributed by atoms with Crippen molar-refractivity contribution >= 4 is 29.9 Å². The van der Waals surface area contributed by atoms with Crippen LogP contribution in [0, 0.1) is 5.41 Å².